The molecule has 2 nitrogen and oxygen atoms in total. The highest BCUT2D eigenvalue weighted by Crippen LogP contribution is 2.31. The summed E-state index contributed by atoms with van der Waals surface area (Å²) in [4.78, 5) is 2.45. The molecule has 0 spiro atoms. The van der Waals surface area contributed by atoms with Crippen LogP contribution in [0.2, 0.25) is 0 Å². The molecule has 17 heavy (non-hydrogen) atoms. The van der Waals surface area contributed by atoms with Crippen LogP contribution < -0.4 is 10.6 Å². The lowest BCUT2D eigenvalue weighted by Crippen LogP contribution is -2.29. The lowest BCUT2D eigenvalue weighted by atomic mass is 10.1. The van der Waals surface area contributed by atoms with Crippen LogP contribution in [0.15, 0.2) is 22.7 Å². The Morgan fingerprint density at radius 3 is 2.71 bits per heavy atom. The number of anilines is 1. The van der Waals surface area contributed by atoms with Crippen molar-refractivity contribution >= 4 is 21.6 Å². The molecule has 1 aliphatic carbocycles. The quantitative estimate of drug-likeness (QED) is 0.923. The molecule has 2 N–H and O–H groups in total. The van der Waals surface area contributed by atoms with Crippen molar-refractivity contribution in [2.45, 2.75) is 38.1 Å². The van der Waals surface area contributed by atoms with Gasteiger partial charge in [-0.25, -0.2) is 0 Å². The standard InChI is InChI=1S/C14H21BrN2/c1-17(13-4-2-3-5-13)14-10-12(15)7-6-11(14)8-9-16/h6-7,10,13H,2-5,8-9,16H2,1H3. The largest absolute Gasteiger partial charge is 0.371 e. The summed E-state index contributed by atoms with van der Waals surface area (Å²) in [6.07, 6.45) is 6.35. The van der Waals surface area contributed by atoms with Crippen molar-refractivity contribution < 1.29 is 0 Å². The molecule has 0 unspecified atom stereocenters. The van der Waals surface area contributed by atoms with E-state index in [-0.39, 0.29) is 0 Å². The predicted molar refractivity (Wildman–Crippen MR) is 77.6 cm³/mol. The van der Waals surface area contributed by atoms with Crippen molar-refractivity contribution in [2.24, 2.45) is 5.73 Å². The number of hydrogen-bond acceptors (Lipinski definition) is 2. The zero-order chi connectivity index (χ0) is 12.3. The van der Waals surface area contributed by atoms with Crippen LogP contribution in [0.3, 0.4) is 0 Å². The summed E-state index contributed by atoms with van der Waals surface area (Å²) in [5, 5.41) is 0. The Bertz CT molecular complexity index is 372. The minimum absolute atomic E-state index is 0.709. The lowest BCUT2D eigenvalue weighted by Gasteiger charge is -2.29. The van der Waals surface area contributed by atoms with Crippen LogP contribution in [0.5, 0.6) is 0 Å². The van der Waals surface area contributed by atoms with E-state index in [4.69, 9.17) is 5.73 Å². The van der Waals surface area contributed by atoms with Gasteiger partial charge < -0.3 is 10.6 Å². The van der Waals surface area contributed by atoms with Crippen molar-refractivity contribution in [3.63, 3.8) is 0 Å². The Labute approximate surface area is 112 Å². The first-order valence-corrected chi connectivity index (χ1v) is 7.23. The summed E-state index contributed by atoms with van der Waals surface area (Å²) in [7, 11) is 2.22. The zero-order valence-electron chi connectivity index (χ0n) is 10.5. The number of nitrogens with two attached hydrogens (primary N) is 1. The van der Waals surface area contributed by atoms with E-state index in [0.717, 1.165) is 10.9 Å². The van der Waals surface area contributed by atoms with Gasteiger partial charge in [0.15, 0.2) is 0 Å². The van der Waals surface area contributed by atoms with E-state index < -0.39 is 0 Å². The number of rotatable bonds is 4. The highest BCUT2D eigenvalue weighted by molar-refractivity contribution is 9.10. The van der Waals surface area contributed by atoms with Gasteiger partial charge in [0.1, 0.15) is 0 Å². The van der Waals surface area contributed by atoms with Crippen molar-refractivity contribution in [1.82, 2.24) is 0 Å². The molecule has 3 heteroatoms. The van der Waals surface area contributed by atoms with E-state index in [1.807, 2.05) is 0 Å². The number of benzene rings is 1. The second kappa shape index (κ2) is 5.87. The fourth-order valence-electron chi connectivity index (χ4n) is 2.72. The van der Waals surface area contributed by atoms with E-state index in [0.29, 0.717) is 12.6 Å². The summed E-state index contributed by atoms with van der Waals surface area (Å²) >= 11 is 3.57. The highest BCUT2D eigenvalue weighted by atomic mass is 79.9. The predicted octanol–water partition coefficient (Wildman–Crippen LogP) is 3.33. The Kier molecular flexibility index (Phi) is 4.46. The van der Waals surface area contributed by atoms with Crippen LogP contribution in [0, 0.1) is 0 Å². The molecule has 1 aromatic carbocycles. The SMILES string of the molecule is CN(c1cc(Br)ccc1CCN)C1CCCC1. The molecule has 1 saturated carbocycles. The first-order chi connectivity index (χ1) is 8.22. The Morgan fingerprint density at radius 2 is 2.06 bits per heavy atom. The van der Waals surface area contributed by atoms with E-state index in [1.54, 1.807) is 0 Å². The first kappa shape index (κ1) is 12.9. The van der Waals surface area contributed by atoms with Gasteiger partial charge in [-0.3, -0.25) is 0 Å². The second-order valence-corrected chi connectivity index (χ2v) is 5.78. The summed E-state index contributed by atoms with van der Waals surface area (Å²) in [6.45, 7) is 0.715. The third-order valence-electron chi connectivity index (χ3n) is 3.71. The highest BCUT2D eigenvalue weighted by Gasteiger charge is 2.21. The maximum atomic E-state index is 5.69. The minimum Gasteiger partial charge on any atom is -0.371 e. The van der Waals surface area contributed by atoms with Gasteiger partial charge in [-0.1, -0.05) is 34.8 Å². The molecule has 0 atom stereocenters. The van der Waals surface area contributed by atoms with Crippen LogP contribution in [0.25, 0.3) is 0 Å². The van der Waals surface area contributed by atoms with E-state index in [2.05, 4.69) is 46.1 Å². The topological polar surface area (TPSA) is 29.3 Å². The van der Waals surface area contributed by atoms with E-state index in [9.17, 15) is 0 Å². The van der Waals surface area contributed by atoms with Crippen molar-refractivity contribution in [1.29, 1.82) is 0 Å². The molecule has 0 aromatic heterocycles. The molecule has 2 rings (SSSR count). The molecule has 0 radical (unpaired) electrons. The molecule has 1 aliphatic rings. The van der Waals surface area contributed by atoms with Crippen LogP contribution >= 0.6 is 15.9 Å². The third-order valence-corrected chi connectivity index (χ3v) is 4.21. The lowest BCUT2D eigenvalue weighted by molar-refractivity contribution is 0.650. The van der Waals surface area contributed by atoms with E-state index in [1.165, 1.54) is 36.9 Å². The van der Waals surface area contributed by atoms with Crippen LogP contribution in [0.1, 0.15) is 31.2 Å². The average Bonchev–Trinajstić information content (AvgIpc) is 2.84. The van der Waals surface area contributed by atoms with Crippen LogP contribution in [-0.2, 0) is 6.42 Å². The fraction of sp³-hybridized carbons (Fsp3) is 0.571. The van der Waals surface area contributed by atoms with Gasteiger partial charge in [-0.05, 0) is 43.5 Å². The second-order valence-electron chi connectivity index (χ2n) is 4.86. The average molecular weight is 297 g/mol. The van der Waals surface area contributed by atoms with Crippen molar-refractivity contribution in [2.75, 3.05) is 18.5 Å². The van der Waals surface area contributed by atoms with Gasteiger partial charge in [0.05, 0.1) is 0 Å². The van der Waals surface area contributed by atoms with Crippen molar-refractivity contribution in [3.05, 3.63) is 28.2 Å². The van der Waals surface area contributed by atoms with Crippen LogP contribution in [0.4, 0.5) is 5.69 Å². The Hall–Kier alpha value is -0.540. The fourth-order valence-corrected chi connectivity index (χ4v) is 3.07. The molecule has 0 amide bonds. The van der Waals surface area contributed by atoms with Gasteiger partial charge >= 0.3 is 0 Å². The van der Waals surface area contributed by atoms with Gasteiger partial charge in [0.25, 0.3) is 0 Å². The summed E-state index contributed by atoms with van der Waals surface area (Å²) < 4.78 is 1.15. The van der Waals surface area contributed by atoms with Gasteiger partial charge in [0.2, 0.25) is 0 Å². The molecule has 0 aliphatic heterocycles. The summed E-state index contributed by atoms with van der Waals surface area (Å²) in [5.41, 5.74) is 8.40. The number of nitrogens with zero attached hydrogens (tertiary/aromatic N) is 1. The van der Waals surface area contributed by atoms with Crippen LogP contribution in [-0.4, -0.2) is 19.6 Å². The molecular weight excluding hydrogens is 276 g/mol. The molecule has 1 aromatic rings. The van der Waals surface area contributed by atoms with Gasteiger partial charge in [0, 0.05) is 23.2 Å². The smallest absolute Gasteiger partial charge is 0.0410 e. The van der Waals surface area contributed by atoms with Gasteiger partial charge in [-0.15, -0.1) is 0 Å². The molecule has 94 valence electrons. The molecule has 1 fully saturated rings. The molecular formula is C14H21BrN2. The number of hydrogen-bond donors (Lipinski definition) is 1. The molecule has 0 saturated heterocycles. The maximum absolute atomic E-state index is 5.69. The minimum atomic E-state index is 0.709. The summed E-state index contributed by atoms with van der Waals surface area (Å²) in [5.74, 6) is 0. The molecule has 0 heterocycles. The summed E-state index contributed by atoms with van der Waals surface area (Å²) in [6, 6.07) is 7.23. The zero-order valence-corrected chi connectivity index (χ0v) is 12.0. The Balaban J connectivity index is 2.24. The third kappa shape index (κ3) is 3.02. The van der Waals surface area contributed by atoms with E-state index >= 15 is 0 Å². The maximum Gasteiger partial charge on any atom is 0.0410 e. The van der Waals surface area contributed by atoms with Gasteiger partial charge in [-0.2, -0.15) is 0 Å². The first-order valence-electron chi connectivity index (χ1n) is 6.43. The normalized spacial score (nSPS) is 16.4. The van der Waals surface area contributed by atoms with Crippen molar-refractivity contribution in [3.8, 4) is 0 Å². The molecule has 0 bridgehead atoms. The number of halogens is 1. The monoisotopic (exact) mass is 296 g/mol. The Morgan fingerprint density at radius 1 is 1.35 bits per heavy atom.